The first-order valence-electron chi connectivity index (χ1n) is 12.1. The van der Waals surface area contributed by atoms with Gasteiger partial charge in [-0.05, 0) is 78.2 Å². The molecule has 6 rings (SSSR count). The van der Waals surface area contributed by atoms with Crippen molar-refractivity contribution in [1.29, 1.82) is 0 Å². The third-order valence-electron chi connectivity index (χ3n) is 7.03. The summed E-state index contributed by atoms with van der Waals surface area (Å²) in [5, 5.41) is 6.82. The summed E-state index contributed by atoms with van der Waals surface area (Å²) in [5.74, 6) is -0.788. The molecule has 2 aliphatic heterocycles. The molecule has 0 bridgehead atoms. The standard InChI is InChI=1S/C29H27N5O2/c1-33-12-14-34(15-13-33)23-6-4-22(5-7-23)31-18-26-25-17-20(2-8-24(25)28(35)32-29(26)36)19-3-9-27-21(16-19)10-11-30-27/h2-11,16-18,30-31H,12-15H2,1H3,(H,32,35,36)/b26-18-. The Kier molecular flexibility index (Phi) is 5.54. The third-order valence-corrected chi connectivity index (χ3v) is 7.03. The van der Waals surface area contributed by atoms with E-state index >= 15 is 0 Å². The van der Waals surface area contributed by atoms with Crippen LogP contribution in [0.4, 0.5) is 11.4 Å². The molecule has 0 aliphatic carbocycles. The van der Waals surface area contributed by atoms with E-state index in [0.717, 1.165) is 53.9 Å². The molecular weight excluding hydrogens is 450 g/mol. The predicted octanol–water partition coefficient (Wildman–Crippen LogP) is 4.31. The van der Waals surface area contributed by atoms with E-state index in [-0.39, 0.29) is 5.91 Å². The van der Waals surface area contributed by atoms with Gasteiger partial charge in [0, 0.05) is 66.6 Å². The highest BCUT2D eigenvalue weighted by Gasteiger charge is 2.27. The van der Waals surface area contributed by atoms with Crippen LogP contribution >= 0.6 is 0 Å². The van der Waals surface area contributed by atoms with E-state index in [2.05, 4.69) is 50.7 Å². The minimum atomic E-state index is -0.410. The lowest BCUT2D eigenvalue weighted by atomic mass is 9.91. The van der Waals surface area contributed by atoms with Crippen molar-refractivity contribution < 1.29 is 9.59 Å². The number of H-pyrrole nitrogens is 1. The number of aromatic nitrogens is 1. The van der Waals surface area contributed by atoms with Crippen LogP contribution in [0.25, 0.3) is 27.6 Å². The van der Waals surface area contributed by atoms with Crippen LogP contribution in [0.1, 0.15) is 15.9 Å². The molecule has 7 heteroatoms. The predicted molar refractivity (Wildman–Crippen MR) is 144 cm³/mol. The number of anilines is 2. The van der Waals surface area contributed by atoms with Gasteiger partial charge < -0.3 is 20.1 Å². The summed E-state index contributed by atoms with van der Waals surface area (Å²) in [4.78, 5) is 33.2. The molecule has 2 amide bonds. The molecule has 7 nitrogen and oxygen atoms in total. The molecule has 180 valence electrons. The van der Waals surface area contributed by atoms with E-state index in [1.807, 2.05) is 48.7 Å². The van der Waals surface area contributed by atoms with Crippen molar-refractivity contribution in [2.24, 2.45) is 0 Å². The summed E-state index contributed by atoms with van der Waals surface area (Å²) in [6, 6.07) is 22.0. The highest BCUT2D eigenvalue weighted by atomic mass is 16.2. The number of likely N-dealkylation sites (N-methyl/N-ethyl adjacent to an activating group) is 1. The first kappa shape index (κ1) is 22.1. The zero-order valence-corrected chi connectivity index (χ0v) is 20.0. The SMILES string of the molecule is CN1CCN(c2ccc(N/C=C3\C(=O)NC(=O)c4ccc(-c5ccc6[nH]ccc6c5)cc43)cc2)CC1. The van der Waals surface area contributed by atoms with Gasteiger partial charge in [0.1, 0.15) is 0 Å². The largest absolute Gasteiger partial charge is 0.369 e. The Labute approximate surface area is 209 Å². The van der Waals surface area contributed by atoms with Crippen molar-refractivity contribution in [3.63, 3.8) is 0 Å². The molecule has 4 aromatic rings. The Hall–Kier alpha value is -4.36. The van der Waals surface area contributed by atoms with Crippen molar-refractivity contribution in [3.05, 3.63) is 90.3 Å². The van der Waals surface area contributed by atoms with E-state index < -0.39 is 5.91 Å². The smallest absolute Gasteiger partial charge is 0.260 e. The number of nitrogens with one attached hydrogen (secondary N) is 3. The van der Waals surface area contributed by atoms with Gasteiger partial charge in [0.25, 0.3) is 11.8 Å². The van der Waals surface area contributed by atoms with Crippen LogP contribution in [0.15, 0.2) is 79.1 Å². The highest BCUT2D eigenvalue weighted by molar-refractivity contribution is 6.31. The van der Waals surface area contributed by atoms with Gasteiger partial charge in [-0.3, -0.25) is 14.9 Å². The molecule has 0 atom stereocenters. The quantitative estimate of drug-likeness (QED) is 0.302. The number of hydrogen-bond acceptors (Lipinski definition) is 5. The maximum Gasteiger partial charge on any atom is 0.260 e. The van der Waals surface area contributed by atoms with Crippen LogP contribution in [0, 0.1) is 0 Å². The molecule has 0 unspecified atom stereocenters. The highest BCUT2D eigenvalue weighted by Crippen LogP contribution is 2.31. The first-order chi connectivity index (χ1) is 17.5. The van der Waals surface area contributed by atoms with E-state index in [1.54, 1.807) is 12.3 Å². The summed E-state index contributed by atoms with van der Waals surface area (Å²) in [7, 11) is 2.15. The van der Waals surface area contributed by atoms with Gasteiger partial charge in [-0.2, -0.15) is 0 Å². The lowest BCUT2D eigenvalue weighted by Gasteiger charge is -2.34. The lowest BCUT2D eigenvalue weighted by Crippen LogP contribution is -2.44. The molecule has 1 saturated heterocycles. The van der Waals surface area contributed by atoms with E-state index in [1.165, 1.54) is 5.69 Å². The van der Waals surface area contributed by atoms with Gasteiger partial charge >= 0.3 is 0 Å². The summed E-state index contributed by atoms with van der Waals surface area (Å²) in [6.45, 7) is 4.13. The Morgan fingerprint density at radius 1 is 0.806 bits per heavy atom. The van der Waals surface area contributed by atoms with Gasteiger partial charge in [-0.1, -0.05) is 12.1 Å². The number of piperazine rings is 1. The van der Waals surface area contributed by atoms with Gasteiger partial charge in [0.05, 0.1) is 5.57 Å². The lowest BCUT2D eigenvalue weighted by molar-refractivity contribution is -0.114. The molecule has 3 N–H and O–H groups in total. The topological polar surface area (TPSA) is 80.5 Å². The number of fused-ring (bicyclic) bond motifs is 2. The fourth-order valence-electron chi connectivity index (χ4n) is 4.87. The molecule has 1 aromatic heterocycles. The van der Waals surface area contributed by atoms with Crippen LogP contribution in [-0.4, -0.2) is 54.9 Å². The van der Waals surface area contributed by atoms with Gasteiger partial charge in [-0.25, -0.2) is 0 Å². The van der Waals surface area contributed by atoms with Crippen LogP contribution in [0.3, 0.4) is 0 Å². The molecule has 3 aromatic carbocycles. The summed E-state index contributed by atoms with van der Waals surface area (Å²) < 4.78 is 0. The Morgan fingerprint density at radius 3 is 2.36 bits per heavy atom. The number of imide groups is 1. The number of carbonyl (C=O) groups is 2. The van der Waals surface area contributed by atoms with Crippen LogP contribution in [-0.2, 0) is 4.79 Å². The summed E-state index contributed by atoms with van der Waals surface area (Å²) >= 11 is 0. The minimum Gasteiger partial charge on any atom is -0.369 e. The Balaban J connectivity index is 1.28. The van der Waals surface area contributed by atoms with E-state index in [0.29, 0.717) is 16.7 Å². The van der Waals surface area contributed by atoms with Crippen LogP contribution < -0.4 is 15.5 Å². The van der Waals surface area contributed by atoms with E-state index in [4.69, 9.17) is 0 Å². The van der Waals surface area contributed by atoms with Gasteiger partial charge in [-0.15, -0.1) is 0 Å². The molecule has 3 heterocycles. The molecule has 36 heavy (non-hydrogen) atoms. The number of benzene rings is 3. The van der Waals surface area contributed by atoms with Crippen LogP contribution in [0.2, 0.25) is 0 Å². The van der Waals surface area contributed by atoms with Crippen molar-refractivity contribution in [1.82, 2.24) is 15.2 Å². The number of amides is 2. The Morgan fingerprint density at radius 2 is 1.56 bits per heavy atom. The number of carbonyl (C=O) groups excluding carboxylic acids is 2. The summed E-state index contributed by atoms with van der Waals surface area (Å²) in [6.07, 6.45) is 3.60. The van der Waals surface area contributed by atoms with Gasteiger partial charge in [0.15, 0.2) is 0 Å². The summed E-state index contributed by atoms with van der Waals surface area (Å²) in [5.41, 5.74) is 6.64. The maximum atomic E-state index is 12.8. The third kappa shape index (κ3) is 4.14. The number of hydrogen-bond donors (Lipinski definition) is 3. The second kappa shape index (κ2) is 9.02. The second-order valence-electron chi connectivity index (χ2n) is 9.36. The molecule has 0 spiro atoms. The van der Waals surface area contributed by atoms with Crippen molar-refractivity contribution in [2.75, 3.05) is 43.4 Å². The molecule has 1 fully saturated rings. The fraction of sp³-hybridized carbons (Fsp3) is 0.172. The fourth-order valence-corrected chi connectivity index (χ4v) is 4.87. The van der Waals surface area contributed by atoms with Crippen molar-refractivity contribution in [2.45, 2.75) is 0 Å². The average molecular weight is 478 g/mol. The molecular formula is C29H27N5O2. The Bertz CT molecular complexity index is 1490. The molecule has 0 saturated carbocycles. The zero-order valence-electron chi connectivity index (χ0n) is 20.0. The van der Waals surface area contributed by atoms with E-state index in [9.17, 15) is 9.59 Å². The minimum absolute atomic E-state index is 0.378. The molecule has 2 aliphatic rings. The maximum absolute atomic E-state index is 12.8. The number of aromatic amines is 1. The normalized spacial score (nSPS) is 17.4. The second-order valence-corrected chi connectivity index (χ2v) is 9.36. The average Bonchev–Trinajstić information content (AvgIpc) is 3.37. The van der Waals surface area contributed by atoms with Crippen molar-refractivity contribution in [3.8, 4) is 11.1 Å². The van der Waals surface area contributed by atoms with Gasteiger partial charge in [0.2, 0.25) is 0 Å². The zero-order chi connectivity index (χ0) is 24.6. The van der Waals surface area contributed by atoms with Crippen LogP contribution in [0.5, 0.6) is 0 Å². The number of nitrogens with zero attached hydrogens (tertiary/aromatic N) is 2. The monoisotopic (exact) mass is 477 g/mol. The molecule has 0 radical (unpaired) electrons. The first-order valence-corrected chi connectivity index (χ1v) is 12.1. The number of rotatable bonds is 4. The van der Waals surface area contributed by atoms with Crippen molar-refractivity contribution >= 4 is 39.7 Å².